The first-order valence-electron chi connectivity index (χ1n) is 11.3. The quantitative estimate of drug-likeness (QED) is 0.514. The number of benzene rings is 3. The number of amides is 2. The summed E-state index contributed by atoms with van der Waals surface area (Å²) in [5.74, 6) is 0.817. The van der Waals surface area contributed by atoms with E-state index in [1.165, 1.54) is 0 Å². The number of rotatable bonds is 7. The number of hydrogen-bond acceptors (Lipinski definition) is 3. The van der Waals surface area contributed by atoms with Crippen LogP contribution in [-0.2, 0) is 4.79 Å². The molecule has 1 aliphatic heterocycles. The van der Waals surface area contributed by atoms with E-state index in [-0.39, 0.29) is 17.7 Å². The zero-order valence-electron chi connectivity index (χ0n) is 18.6. The number of carbonyl (C=O) groups excluding carboxylic acids is 2. The Morgan fingerprint density at radius 3 is 2.59 bits per heavy atom. The molecule has 1 aliphatic rings. The third kappa shape index (κ3) is 5.10. The summed E-state index contributed by atoms with van der Waals surface area (Å²) in [5.41, 5.74) is 0.711. The van der Waals surface area contributed by atoms with Crippen molar-refractivity contribution < 1.29 is 14.3 Å². The van der Waals surface area contributed by atoms with Gasteiger partial charge in [0.05, 0.1) is 12.5 Å². The zero-order valence-corrected chi connectivity index (χ0v) is 18.6. The lowest BCUT2D eigenvalue weighted by atomic mass is 9.95. The van der Waals surface area contributed by atoms with E-state index < -0.39 is 0 Å². The molecule has 4 rings (SSSR count). The van der Waals surface area contributed by atoms with Gasteiger partial charge in [-0.05, 0) is 48.2 Å². The van der Waals surface area contributed by atoms with Gasteiger partial charge in [-0.3, -0.25) is 9.59 Å². The van der Waals surface area contributed by atoms with E-state index in [9.17, 15) is 9.59 Å². The van der Waals surface area contributed by atoms with E-state index in [0.717, 1.165) is 35.8 Å². The SMILES string of the molecule is CN(CCCOc1ccccc1)C(=O)C1CCCN(C(=O)c2cccc3ccccc23)C1. The summed E-state index contributed by atoms with van der Waals surface area (Å²) in [7, 11) is 1.84. The van der Waals surface area contributed by atoms with Crippen molar-refractivity contribution in [2.45, 2.75) is 19.3 Å². The van der Waals surface area contributed by atoms with Crippen LogP contribution in [0.5, 0.6) is 5.75 Å². The lowest BCUT2D eigenvalue weighted by Gasteiger charge is -2.34. The topological polar surface area (TPSA) is 49.9 Å². The largest absolute Gasteiger partial charge is 0.494 e. The maximum atomic E-state index is 13.3. The predicted octanol–water partition coefficient (Wildman–Crippen LogP) is 4.62. The summed E-state index contributed by atoms with van der Waals surface area (Å²) in [5, 5.41) is 2.02. The fraction of sp³-hybridized carbons (Fsp3) is 0.333. The molecule has 0 aliphatic carbocycles. The molecule has 1 atom stereocenters. The highest BCUT2D eigenvalue weighted by molar-refractivity contribution is 6.07. The summed E-state index contributed by atoms with van der Waals surface area (Å²) in [6.07, 6.45) is 2.43. The fourth-order valence-corrected chi connectivity index (χ4v) is 4.38. The van der Waals surface area contributed by atoms with Crippen molar-refractivity contribution >= 4 is 22.6 Å². The van der Waals surface area contributed by atoms with Crippen molar-refractivity contribution in [3.05, 3.63) is 78.4 Å². The van der Waals surface area contributed by atoms with Crippen LogP contribution in [0, 0.1) is 5.92 Å². The van der Waals surface area contributed by atoms with Crippen LogP contribution in [0.3, 0.4) is 0 Å². The molecule has 0 saturated carbocycles. The monoisotopic (exact) mass is 430 g/mol. The molecule has 32 heavy (non-hydrogen) atoms. The van der Waals surface area contributed by atoms with Crippen molar-refractivity contribution in [1.82, 2.24) is 9.80 Å². The van der Waals surface area contributed by atoms with Crippen molar-refractivity contribution in [2.24, 2.45) is 5.92 Å². The van der Waals surface area contributed by atoms with Crippen LogP contribution >= 0.6 is 0 Å². The van der Waals surface area contributed by atoms with Gasteiger partial charge in [-0.15, -0.1) is 0 Å². The van der Waals surface area contributed by atoms with Crippen LogP contribution in [0.2, 0.25) is 0 Å². The molecule has 0 spiro atoms. The van der Waals surface area contributed by atoms with Gasteiger partial charge in [0.2, 0.25) is 5.91 Å². The van der Waals surface area contributed by atoms with Crippen LogP contribution in [0.4, 0.5) is 0 Å². The molecule has 0 radical (unpaired) electrons. The Kier molecular flexibility index (Phi) is 7.05. The van der Waals surface area contributed by atoms with E-state index in [1.54, 1.807) is 4.90 Å². The third-order valence-corrected chi connectivity index (χ3v) is 6.10. The van der Waals surface area contributed by atoms with E-state index in [2.05, 4.69) is 0 Å². The molecule has 3 aromatic carbocycles. The van der Waals surface area contributed by atoms with Crippen LogP contribution in [0.1, 0.15) is 29.6 Å². The maximum Gasteiger partial charge on any atom is 0.254 e. The highest BCUT2D eigenvalue weighted by Crippen LogP contribution is 2.24. The Balaban J connectivity index is 1.32. The average Bonchev–Trinajstić information content (AvgIpc) is 2.86. The number of piperidine rings is 1. The molecule has 1 saturated heterocycles. The molecule has 5 heteroatoms. The molecule has 0 N–H and O–H groups in total. The van der Waals surface area contributed by atoms with Crippen molar-refractivity contribution in [3.63, 3.8) is 0 Å². The lowest BCUT2D eigenvalue weighted by molar-refractivity contribution is -0.135. The molecular formula is C27H30N2O3. The third-order valence-electron chi connectivity index (χ3n) is 6.10. The van der Waals surface area contributed by atoms with Gasteiger partial charge in [0, 0.05) is 32.2 Å². The molecular weight excluding hydrogens is 400 g/mol. The molecule has 5 nitrogen and oxygen atoms in total. The molecule has 2 amide bonds. The normalized spacial score (nSPS) is 16.0. The van der Waals surface area contributed by atoms with Gasteiger partial charge in [-0.1, -0.05) is 54.6 Å². The first kappa shape index (κ1) is 21.9. The van der Waals surface area contributed by atoms with Crippen LogP contribution in [-0.4, -0.2) is 54.9 Å². The second-order valence-corrected chi connectivity index (χ2v) is 8.39. The maximum absolute atomic E-state index is 13.3. The number of carbonyl (C=O) groups is 2. The Hall–Kier alpha value is -3.34. The van der Waals surface area contributed by atoms with E-state index >= 15 is 0 Å². The summed E-state index contributed by atoms with van der Waals surface area (Å²) < 4.78 is 5.72. The smallest absolute Gasteiger partial charge is 0.254 e. The van der Waals surface area contributed by atoms with Gasteiger partial charge >= 0.3 is 0 Å². The summed E-state index contributed by atoms with van der Waals surface area (Å²) in [6.45, 7) is 2.38. The van der Waals surface area contributed by atoms with E-state index in [0.29, 0.717) is 31.8 Å². The first-order valence-corrected chi connectivity index (χ1v) is 11.3. The Bertz CT molecular complexity index is 1060. The number of para-hydroxylation sites is 1. The molecule has 1 fully saturated rings. The van der Waals surface area contributed by atoms with Gasteiger partial charge in [-0.2, -0.15) is 0 Å². The minimum Gasteiger partial charge on any atom is -0.494 e. The van der Waals surface area contributed by atoms with Crippen LogP contribution < -0.4 is 4.74 Å². The van der Waals surface area contributed by atoms with E-state index in [1.807, 2.05) is 84.7 Å². The zero-order chi connectivity index (χ0) is 22.3. The molecule has 166 valence electrons. The molecule has 0 bridgehead atoms. The lowest BCUT2D eigenvalue weighted by Crippen LogP contribution is -2.46. The predicted molar refractivity (Wildman–Crippen MR) is 127 cm³/mol. The molecule has 3 aromatic rings. The molecule has 0 aromatic heterocycles. The number of ether oxygens (including phenoxy) is 1. The minimum absolute atomic E-state index is 0.0122. The van der Waals surface area contributed by atoms with E-state index in [4.69, 9.17) is 4.74 Å². The second kappa shape index (κ2) is 10.3. The average molecular weight is 431 g/mol. The summed E-state index contributed by atoms with van der Waals surface area (Å²) in [6, 6.07) is 23.5. The second-order valence-electron chi connectivity index (χ2n) is 8.39. The number of nitrogens with zero attached hydrogens (tertiary/aromatic N) is 2. The molecule has 1 heterocycles. The van der Waals surface area contributed by atoms with Gasteiger partial charge < -0.3 is 14.5 Å². The summed E-state index contributed by atoms with van der Waals surface area (Å²) in [4.78, 5) is 29.9. The Morgan fingerprint density at radius 1 is 1.00 bits per heavy atom. The van der Waals surface area contributed by atoms with Gasteiger partial charge in [0.25, 0.3) is 5.91 Å². The minimum atomic E-state index is -0.150. The van der Waals surface area contributed by atoms with Crippen molar-refractivity contribution in [3.8, 4) is 5.75 Å². The highest BCUT2D eigenvalue weighted by atomic mass is 16.5. The standard InChI is InChI=1S/C27H30N2O3/c1-28(17-9-19-32-23-13-3-2-4-14-23)26(30)22-12-8-18-29(20-22)27(31)25-16-7-11-21-10-5-6-15-24(21)25/h2-7,10-11,13-16,22H,8-9,12,17-20H2,1H3. The molecule has 1 unspecified atom stereocenters. The van der Waals surface area contributed by atoms with Crippen LogP contribution in [0.15, 0.2) is 72.8 Å². The number of likely N-dealkylation sites (tertiary alicyclic amines) is 1. The van der Waals surface area contributed by atoms with Gasteiger partial charge in [0.15, 0.2) is 0 Å². The van der Waals surface area contributed by atoms with Gasteiger partial charge in [0.1, 0.15) is 5.75 Å². The number of fused-ring (bicyclic) bond motifs is 1. The fourth-order valence-electron chi connectivity index (χ4n) is 4.38. The highest BCUT2D eigenvalue weighted by Gasteiger charge is 2.30. The van der Waals surface area contributed by atoms with Crippen LogP contribution in [0.25, 0.3) is 10.8 Å². The Morgan fingerprint density at radius 2 is 1.75 bits per heavy atom. The Labute approximate surface area is 189 Å². The number of hydrogen-bond donors (Lipinski definition) is 0. The van der Waals surface area contributed by atoms with Crippen molar-refractivity contribution in [2.75, 3.05) is 33.3 Å². The first-order chi connectivity index (χ1) is 15.6. The van der Waals surface area contributed by atoms with Crippen molar-refractivity contribution in [1.29, 1.82) is 0 Å². The summed E-state index contributed by atoms with van der Waals surface area (Å²) >= 11 is 0. The van der Waals surface area contributed by atoms with Gasteiger partial charge in [-0.25, -0.2) is 0 Å².